The first-order valence-electron chi connectivity index (χ1n) is 23.6. The van der Waals surface area contributed by atoms with Gasteiger partial charge in [-0.05, 0) is 71.8 Å². The molecule has 0 radical (unpaired) electrons. The number of aromatic nitrogens is 6. The lowest BCUT2D eigenvalue weighted by molar-refractivity contribution is 1.07. The van der Waals surface area contributed by atoms with E-state index in [9.17, 15) is 0 Å². The summed E-state index contributed by atoms with van der Waals surface area (Å²) in [6.07, 6.45) is 0. The van der Waals surface area contributed by atoms with E-state index in [0.717, 1.165) is 83.3 Å². The zero-order valence-corrected chi connectivity index (χ0v) is 37.8. The lowest BCUT2D eigenvalue weighted by atomic mass is 9.94. The zero-order valence-electron chi connectivity index (χ0n) is 37.8. The van der Waals surface area contributed by atoms with Gasteiger partial charge < -0.3 is 9.13 Å². The molecule has 0 atom stereocenters. The second kappa shape index (κ2) is 16.1. The van der Waals surface area contributed by atoms with Crippen LogP contribution < -0.4 is 0 Å². The van der Waals surface area contributed by atoms with Gasteiger partial charge in [0, 0.05) is 71.3 Å². The largest absolute Gasteiger partial charge is 0.309 e. The normalized spacial score (nSPS) is 11.7. The lowest BCUT2D eigenvalue weighted by Gasteiger charge is -2.14. The summed E-state index contributed by atoms with van der Waals surface area (Å²) in [6.45, 7) is 0. The summed E-state index contributed by atoms with van der Waals surface area (Å²) >= 11 is 0. The molecule has 0 bridgehead atoms. The van der Waals surface area contributed by atoms with Gasteiger partial charge >= 0.3 is 0 Å². The minimum atomic E-state index is 0.608. The van der Waals surface area contributed by atoms with E-state index in [1.54, 1.807) is 0 Å². The maximum atomic E-state index is 5.40. The SMILES string of the molecule is c1ccc(-c2nc(-c3ccc(-c4ccc5nc(-c6ccccc6)c6ccc7c(c8ccccc8n7-c7ccccc7)c6c5c4)cc3)nc(-c3cccc(-n4c5ccccc5c5ccccc54)c3)n2)cc1. The van der Waals surface area contributed by atoms with Gasteiger partial charge in [0.15, 0.2) is 17.5 Å². The standard InChI is InChI=1S/C64H40N6/c1-4-17-42(18-5-1)61-52-36-38-58-60(51-27-12-15-30-57(51)69(58)47-22-8-3-9-23-47)59(52)53-40-45(35-37-54(53)65-61)41-31-33-44(34-32-41)63-66-62(43-19-6-2-7-20-43)67-64(68-63)46-21-16-24-48(39-46)70-55-28-13-10-25-49(55)50-26-11-14-29-56(50)70/h1-40H. The van der Waals surface area contributed by atoms with E-state index < -0.39 is 0 Å². The molecule has 0 N–H and O–H groups in total. The Bertz CT molecular complexity index is 4280. The van der Waals surface area contributed by atoms with E-state index in [2.05, 4.69) is 234 Å². The third-order valence-corrected chi connectivity index (χ3v) is 13.7. The molecule has 0 aliphatic rings. The topological polar surface area (TPSA) is 61.4 Å². The third kappa shape index (κ3) is 6.42. The molecule has 4 aromatic heterocycles. The van der Waals surface area contributed by atoms with Crippen molar-refractivity contribution in [2.24, 2.45) is 0 Å². The molecule has 10 aromatic carbocycles. The van der Waals surface area contributed by atoms with Crippen molar-refractivity contribution in [3.05, 3.63) is 243 Å². The van der Waals surface area contributed by atoms with Crippen molar-refractivity contribution in [3.8, 4) is 67.9 Å². The first-order valence-corrected chi connectivity index (χ1v) is 23.6. The fourth-order valence-electron chi connectivity index (χ4n) is 10.5. The monoisotopic (exact) mass is 892 g/mol. The molecule has 70 heavy (non-hydrogen) atoms. The van der Waals surface area contributed by atoms with Crippen LogP contribution in [0.3, 0.4) is 0 Å². The predicted octanol–water partition coefficient (Wildman–Crippen LogP) is 16.1. The molecule has 14 rings (SSSR count). The Labute approximate surface area is 403 Å². The predicted molar refractivity (Wildman–Crippen MR) is 288 cm³/mol. The highest BCUT2D eigenvalue weighted by molar-refractivity contribution is 6.29. The van der Waals surface area contributed by atoms with E-state index >= 15 is 0 Å². The molecule has 0 saturated heterocycles. The van der Waals surface area contributed by atoms with Crippen molar-refractivity contribution in [1.82, 2.24) is 29.1 Å². The minimum absolute atomic E-state index is 0.608. The van der Waals surface area contributed by atoms with Gasteiger partial charge in [0.2, 0.25) is 0 Å². The second-order valence-electron chi connectivity index (χ2n) is 17.8. The number of hydrogen-bond acceptors (Lipinski definition) is 4. The maximum absolute atomic E-state index is 5.40. The molecule has 0 fully saturated rings. The molecule has 6 heteroatoms. The van der Waals surface area contributed by atoms with Crippen molar-refractivity contribution in [2.45, 2.75) is 0 Å². The van der Waals surface area contributed by atoms with Crippen LogP contribution in [-0.4, -0.2) is 29.1 Å². The fourth-order valence-corrected chi connectivity index (χ4v) is 10.5. The van der Waals surface area contributed by atoms with Crippen LogP contribution in [0, 0.1) is 0 Å². The number of nitrogens with zero attached hydrogens (tertiary/aromatic N) is 6. The third-order valence-electron chi connectivity index (χ3n) is 13.7. The van der Waals surface area contributed by atoms with Crippen LogP contribution in [0.2, 0.25) is 0 Å². The lowest BCUT2D eigenvalue weighted by Crippen LogP contribution is -2.01. The van der Waals surface area contributed by atoms with E-state index in [4.69, 9.17) is 19.9 Å². The molecule has 0 amide bonds. The summed E-state index contributed by atoms with van der Waals surface area (Å²) in [6, 6.07) is 85.6. The molecule has 6 nitrogen and oxygen atoms in total. The number of hydrogen-bond donors (Lipinski definition) is 0. The summed E-state index contributed by atoms with van der Waals surface area (Å²) in [5.41, 5.74) is 14.7. The molecule has 326 valence electrons. The summed E-state index contributed by atoms with van der Waals surface area (Å²) in [5, 5.41) is 8.28. The maximum Gasteiger partial charge on any atom is 0.164 e. The average Bonchev–Trinajstić information content (AvgIpc) is 3.97. The first-order chi connectivity index (χ1) is 34.7. The average molecular weight is 893 g/mol. The summed E-state index contributed by atoms with van der Waals surface area (Å²) in [7, 11) is 0. The van der Waals surface area contributed by atoms with Crippen molar-refractivity contribution in [2.75, 3.05) is 0 Å². The number of benzene rings is 10. The number of rotatable bonds is 7. The van der Waals surface area contributed by atoms with Gasteiger partial charge in [-0.3, -0.25) is 0 Å². The van der Waals surface area contributed by atoms with E-state index in [-0.39, 0.29) is 0 Å². The van der Waals surface area contributed by atoms with Gasteiger partial charge in [-0.2, -0.15) is 0 Å². The molecular weight excluding hydrogens is 853 g/mol. The number of para-hydroxylation sites is 4. The quantitative estimate of drug-likeness (QED) is 0.150. The molecule has 0 unspecified atom stereocenters. The molecule has 14 aromatic rings. The van der Waals surface area contributed by atoms with Crippen LogP contribution in [0.1, 0.15) is 0 Å². The summed E-state index contributed by atoms with van der Waals surface area (Å²) in [4.78, 5) is 20.8. The van der Waals surface area contributed by atoms with E-state index in [1.165, 1.54) is 32.4 Å². The molecule has 0 saturated carbocycles. The molecule has 0 spiro atoms. The van der Waals surface area contributed by atoms with Crippen molar-refractivity contribution in [1.29, 1.82) is 0 Å². The summed E-state index contributed by atoms with van der Waals surface area (Å²) in [5.74, 6) is 1.84. The minimum Gasteiger partial charge on any atom is -0.309 e. The van der Waals surface area contributed by atoms with E-state index in [1.807, 2.05) is 18.2 Å². The van der Waals surface area contributed by atoms with Crippen LogP contribution in [0.4, 0.5) is 0 Å². The van der Waals surface area contributed by atoms with Gasteiger partial charge in [0.05, 0.1) is 33.3 Å². The van der Waals surface area contributed by atoms with Crippen LogP contribution in [-0.2, 0) is 0 Å². The Balaban J connectivity index is 0.911. The molecule has 0 aliphatic carbocycles. The van der Waals surface area contributed by atoms with Crippen LogP contribution in [0.5, 0.6) is 0 Å². The summed E-state index contributed by atoms with van der Waals surface area (Å²) < 4.78 is 4.71. The first kappa shape index (κ1) is 39.6. The Kier molecular flexibility index (Phi) is 9.10. The van der Waals surface area contributed by atoms with Gasteiger partial charge in [-0.1, -0.05) is 182 Å². The smallest absolute Gasteiger partial charge is 0.164 e. The van der Waals surface area contributed by atoms with Crippen LogP contribution in [0.25, 0.3) is 133 Å². The van der Waals surface area contributed by atoms with Gasteiger partial charge in [-0.15, -0.1) is 0 Å². The van der Waals surface area contributed by atoms with Gasteiger partial charge in [-0.25, -0.2) is 19.9 Å². The van der Waals surface area contributed by atoms with Gasteiger partial charge in [0.25, 0.3) is 0 Å². The molecular formula is C64H40N6. The van der Waals surface area contributed by atoms with Crippen molar-refractivity contribution >= 4 is 65.3 Å². The Morgan fingerprint density at radius 1 is 0.243 bits per heavy atom. The number of pyridine rings is 1. The van der Waals surface area contributed by atoms with Crippen LogP contribution in [0.15, 0.2) is 243 Å². The molecule has 4 heterocycles. The Morgan fingerprint density at radius 3 is 1.40 bits per heavy atom. The Morgan fingerprint density at radius 2 is 0.729 bits per heavy atom. The molecule has 0 aliphatic heterocycles. The van der Waals surface area contributed by atoms with E-state index in [0.29, 0.717) is 17.5 Å². The second-order valence-corrected chi connectivity index (χ2v) is 17.8. The highest BCUT2D eigenvalue weighted by atomic mass is 15.0. The highest BCUT2D eigenvalue weighted by Crippen LogP contribution is 2.43. The van der Waals surface area contributed by atoms with Gasteiger partial charge in [0.1, 0.15) is 0 Å². The number of fused-ring (bicyclic) bond motifs is 10. The highest BCUT2D eigenvalue weighted by Gasteiger charge is 2.21. The van der Waals surface area contributed by atoms with Crippen molar-refractivity contribution < 1.29 is 0 Å². The van der Waals surface area contributed by atoms with Crippen molar-refractivity contribution in [3.63, 3.8) is 0 Å². The zero-order chi connectivity index (χ0) is 46.1. The Hall–Kier alpha value is -9.52. The van der Waals surface area contributed by atoms with Crippen LogP contribution >= 0.6 is 0 Å². The fraction of sp³-hybridized carbons (Fsp3) is 0.